The van der Waals surface area contributed by atoms with Crippen LogP contribution < -0.4 is 0 Å². The van der Waals surface area contributed by atoms with Gasteiger partial charge in [0.25, 0.3) is 0 Å². The fourth-order valence-electron chi connectivity index (χ4n) is 4.76. The third kappa shape index (κ3) is 3.22. The van der Waals surface area contributed by atoms with Gasteiger partial charge in [0.1, 0.15) is 0 Å². The third-order valence-electron chi connectivity index (χ3n) is 6.41. The highest BCUT2D eigenvalue weighted by Gasteiger charge is 2.29. The van der Waals surface area contributed by atoms with Gasteiger partial charge in [0.2, 0.25) is 0 Å². The van der Waals surface area contributed by atoms with Crippen LogP contribution in [0, 0.1) is 5.92 Å². The van der Waals surface area contributed by atoms with Crippen LogP contribution in [0.4, 0.5) is 0 Å². The van der Waals surface area contributed by atoms with Crippen LogP contribution in [0.15, 0.2) is 53.4 Å². The van der Waals surface area contributed by atoms with E-state index in [2.05, 4.69) is 61.7 Å². The maximum atomic E-state index is 4.39. The van der Waals surface area contributed by atoms with Crippen molar-refractivity contribution >= 4 is 21.4 Å². The van der Waals surface area contributed by atoms with E-state index in [4.69, 9.17) is 0 Å². The molecule has 3 aromatic rings. The summed E-state index contributed by atoms with van der Waals surface area (Å²) >= 11 is 3.55. The van der Waals surface area contributed by atoms with E-state index >= 15 is 0 Å². The lowest BCUT2D eigenvalue weighted by molar-refractivity contribution is 0.321. The molecule has 2 heterocycles. The van der Waals surface area contributed by atoms with E-state index in [-0.39, 0.29) is 0 Å². The number of imidazole rings is 1. The van der Waals surface area contributed by atoms with Crippen molar-refractivity contribution in [3.63, 3.8) is 0 Å². The van der Waals surface area contributed by atoms with Crippen LogP contribution in [0.3, 0.4) is 0 Å². The van der Waals surface area contributed by atoms with Gasteiger partial charge in [-0.3, -0.25) is 0 Å². The number of benzene rings is 1. The summed E-state index contributed by atoms with van der Waals surface area (Å²) in [5.74, 6) is 2.36. The van der Waals surface area contributed by atoms with Crippen molar-refractivity contribution in [3.05, 3.63) is 70.2 Å². The minimum Gasteiger partial charge on any atom is -0.303 e. The van der Waals surface area contributed by atoms with Gasteiger partial charge in [-0.25, -0.2) is 4.98 Å². The predicted octanol–water partition coefficient (Wildman–Crippen LogP) is 6.49. The fourth-order valence-corrected chi connectivity index (χ4v) is 5.02. The molecule has 0 radical (unpaired) electrons. The smallest absolute Gasteiger partial charge is 0.0994 e. The Bertz CT molecular complexity index is 900. The van der Waals surface area contributed by atoms with Crippen molar-refractivity contribution in [1.29, 1.82) is 0 Å². The summed E-state index contributed by atoms with van der Waals surface area (Å²) in [6, 6.07) is 13.6. The highest BCUT2D eigenvalue weighted by molar-refractivity contribution is 9.10. The minimum atomic E-state index is 0.742. The van der Waals surface area contributed by atoms with Gasteiger partial charge in [0.05, 0.1) is 18.0 Å². The number of fused-ring (bicyclic) bond motifs is 1. The molecule has 2 saturated carbocycles. The summed E-state index contributed by atoms with van der Waals surface area (Å²) in [4.78, 5) is 4.39. The summed E-state index contributed by atoms with van der Waals surface area (Å²) in [6.07, 6.45) is 13.3. The highest BCUT2D eigenvalue weighted by Crippen LogP contribution is 2.44. The number of rotatable bonds is 4. The molecule has 0 unspecified atom stereocenters. The second kappa shape index (κ2) is 6.84. The second-order valence-corrected chi connectivity index (χ2v) is 9.09. The summed E-state index contributed by atoms with van der Waals surface area (Å²) in [5, 5.41) is 0. The molecule has 0 atom stereocenters. The van der Waals surface area contributed by atoms with E-state index in [0.29, 0.717) is 0 Å². The molecule has 2 nitrogen and oxygen atoms in total. The molecule has 5 rings (SSSR count). The molecule has 134 valence electrons. The Balaban J connectivity index is 1.32. The molecule has 0 amide bonds. The quantitative estimate of drug-likeness (QED) is 0.481. The lowest BCUT2D eigenvalue weighted by atomic mass is 9.77. The van der Waals surface area contributed by atoms with Crippen molar-refractivity contribution in [2.45, 2.75) is 56.8 Å². The Kier molecular flexibility index (Phi) is 4.36. The van der Waals surface area contributed by atoms with Crippen LogP contribution in [-0.2, 0) is 6.42 Å². The summed E-state index contributed by atoms with van der Waals surface area (Å²) in [6.45, 7) is 0. The van der Waals surface area contributed by atoms with Gasteiger partial charge in [-0.05, 0) is 92.0 Å². The van der Waals surface area contributed by atoms with Crippen LogP contribution in [0.1, 0.15) is 67.2 Å². The Morgan fingerprint density at radius 2 is 1.62 bits per heavy atom. The number of nitrogens with zero attached hydrogens (tertiary/aromatic N) is 2. The van der Waals surface area contributed by atoms with Crippen LogP contribution in [0.2, 0.25) is 0 Å². The SMILES string of the molecule is Brc1ccc(C2CCC(Cc3c(C4CC4)ccc4cncn34)CC2)cc1. The Morgan fingerprint density at radius 3 is 2.35 bits per heavy atom. The van der Waals surface area contributed by atoms with E-state index < -0.39 is 0 Å². The molecule has 3 heteroatoms. The first-order valence-electron chi connectivity index (χ1n) is 9.97. The molecule has 0 saturated heterocycles. The summed E-state index contributed by atoms with van der Waals surface area (Å²) < 4.78 is 3.53. The standard InChI is InChI=1S/C23H25BrN2/c24-20-9-7-18(8-10-20)17-3-1-16(2-4-17)13-23-22(19-5-6-19)12-11-21-14-25-15-26(21)23/h7-12,14-17,19H,1-6,13H2. The van der Waals surface area contributed by atoms with Gasteiger partial charge in [-0.15, -0.1) is 0 Å². The maximum absolute atomic E-state index is 4.39. The molecule has 2 fully saturated rings. The molecule has 2 aliphatic rings. The van der Waals surface area contributed by atoms with E-state index in [0.717, 1.165) is 17.8 Å². The number of hydrogen-bond acceptors (Lipinski definition) is 1. The Hall–Kier alpha value is -1.61. The van der Waals surface area contributed by atoms with E-state index in [1.807, 2.05) is 12.5 Å². The molecule has 2 aliphatic carbocycles. The zero-order valence-corrected chi connectivity index (χ0v) is 16.7. The number of aromatic nitrogens is 2. The summed E-state index contributed by atoms with van der Waals surface area (Å²) in [5.41, 5.74) is 5.88. The monoisotopic (exact) mass is 408 g/mol. The van der Waals surface area contributed by atoms with Crippen LogP contribution in [-0.4, -0.2) is 9.38 Å². The fraction of sp³-hybridized carbons (Fsp3) is 0.435. The first kappa shape index (κ1) is 16.6. The van der Waals surface area contributed by atoms with Gasteiger partial charge < -0.3 is 4.40 Å². The Morgan fingerprint density at radius 1 is 0.885 bits per heavy atom. The molecular weight excluding hydrogens is 384 g/mol. The average molecular weight is 409 g/mol. The van der Waals surface area contributed by atoms with Crippen molar-refractivity contribution in [1.82, 2.24) is 9.38 Å². The third-order valence-corrected chi connectivity index (χ3v) is 6.94. The Labute approximate surface area is 163 Å². The van der Waals surface area contributed by atoms with Crippen molar-refractivity contribution in [2.24, 2.45) is 5.92 Å². The van der Waals surface area contributed by atoms with Gasteiger partial charge in [0, 0.05) is 10.2 Å². The molecular formula is C23H25BrN2. The summed E-state index contributed by atoms with van der Waals surface area (Å²) in [7, 11) is 0. The molecule has 0 spiro atoms. The average Bonchev–Trinajstić information content (AvgIpc) is 3.40. The minimum absolute atomic E-state index is 0.742. The lowest BCUT2D eigenvalue weighted by Crippen LogP contribution is -2.17. The first-order valence-corrected chi connectivity index (χ1v) is 10.8. The molecule has 0 bridgehead atoms. The number of halogens is 1. The molecule has 0 aliphatic heterocycles. The molecule has 2 aromatic heterocycles. The maximum Gasteiger partial charge on any atom is 0.0994 e. The van der Waals surface area contributed by atoms with Gasteiger partial charge in [0.15, 0.2) is 0 Å². The van der Waals surface area contributed by atoms with Crippen molar-refractivity contribution < 1.29 is 0 Å². The van der Waals surface area contributed by atoms with Gasteiger partial charge in [-0.2, -0.15) is 0 Å². The van der Waals surface area contributed by atoms with Gasteiger partial charge in [-0.1, -0.05) is 34.1 Å². The highest BCUT2D eigenvalue weighted by atomic mass is 79.9. The largest absolute Gasteiger partial charge is 0.303 e. The topological polar surface area (TPSA) is 17.3 Å². The normalized spacial score (nSPS) is 23.4. The van der Waals surface area contributed by atoms with Crippen molar-refractivity contribution in [3.8, 4) is 0 Å². The van der Waals surface area contributed by atoms with Crippen LogP contribution in [0.25, 0.3) is 5.52 Å². The van der Waals surface area contributed by atoms with E-state index in [9.17, 15) is 0 Å². The molecule has 0 N–H and O–H groups in total. The van der Waals surface area contributed by atoms with E-state index in [1.54, 1.807) is 5.56 Å². The van der Waals surface area contributed by atoms with Crippen molar-refractivity contribution in [2.75, 3.05) is 0 Å². The molecule has 26 heavy (non-hydrogen) atoms. The van der Waals surface area contributed by atoms with E-state index in [1.165, 1.54) is 66.2 Å². The molecule has 1 aromatic carbocycles. The number of pyridine rings is 1. The zero-order valence-electron chi connectivity index (χ0n) is 15.1. The zero-order chi connectivity index (χ0) is 17.5. The predicted molar refractivity (Wildman–Crippen MR) is 110 cm³/mol. The van der Waals surface area contributed by atoms with Crippen LogP contribution in [0.5, 0.6) is 0 Å². The van der Waals surface area contributed by atoms with Gasteiger partial charge >= 0.3 is 0 Å². The first-order chi connectivity index (χ1) is 12.8. The second-order valence-electron chi connectivity index (χ2n) is 8.17. The lowest BCUT2D eigenvalue weighted by Gasteiger charge is -2.29. The van der Waals surface area contributed by atoms with Crippen LogP contribution >= 0.6 is 15.9 Å². The number of hydrogen-bond donors (Lipinski definition) is 0.